The summed E-state index contributed by atoms with van der Waals surface area (Å²) in [7, 11) is -3.66. The minimum Gasteiger partial charge on any atom is -0.380 e. The first-order valence-corrected chi connectivity index (χ1v) is 9.17. The Morgan fingerprint density at radius 3 is 2.42 bits per heavy atom. The summed E-state index contributed by atoms with van der Waals surface area (Å²) in [5.41, 5.74) is 15.6. The Hall–Kier alpha value is -2.22. The summed E-state index contributed by atoms with van der Waals surface area (Å²) in [5, 5.41) is 11.3. The monoisotopic (exact) mass is 352 g/mol. The van der Waals surface area contributed by atoms with E-state index in [0.29, 0.717) is 17.7 Å². The van der Waals surface area contributed by atoms with Gasteiger partial charge in [-0.2, -0.15) is 5.10 Å². The van der Waals surface area contributed by atoms with Crippen LogP contribution < -0.4 is 16.9 Å². The van der Waals surface area contributed by atoms with Crippen molar-refractivity contribution in [2.45, 2.75) is 32.5 Å². The molecule has 0 aliphatic carbocycles. The molecule has 6 N–H and O–H groups in total. The molecule has 10 heteroatoms. The van der Waals surface area contributed by atoms with E-state index < -0.39 is 7.60 Å². The second-order valence-electron chi connectivity index (χ2n) is 5.36. The predicted octanol–water partition coefficient (Wildman–Crippen LogP) is 1.60. The number of hydrazone groups is 1. The normalized spacial score (nSPS) is 17.7. The molecule has 2 unspecified atom stereocenters. The number of nitrogens with one attached hydrogen (secondary N) is 1. The van der Waals surface area contributed by atoms with Gasteiger partial charge >= 0.3 is 7.60 Å². The van der Waals surface area contributed by atoms with Crippen LogP contribution in [0.3, 0.4) is 0 Å². The molecule has 0 radical (unpaired) electrons. The van der Waals surface area contributed by atoms with Gasteiger partial charge in [0.1, 0.15) is 0 Å². The first-order chi connectivity index (χ1) is 11.3. The van der Waals surface area contributed by atoms with Crippen molar-refractivity contribution in [3.8, 4) is 0 Å². The molecular weight excluding hydrogens is 331 g/mol. The standard InChI is InChI=1S/C14H21N6O3P/c1-3-9(2)23-24(21,22)8-10-4-6-11(7-5-10)17-18-12-13(15)19-20-14(12)16/h4-7,9,17H,3,8H2,1-2H3,(H,21,22)(H4,15,16,18,19,20). The molecule has 1 aliphatic heterocycles. The summed E-state index contributed by atoms with van der Waals surface area (Å²) in [6.45, 7) is 3.66. The molecule has 2 atom stereocenters. The van der Waals surface area contributed by atoms with Gasteiger partial charge in [0.05, 0.1) is 18.0 Å². The average Bonchev–Trinajstić information content (AvgIpc) is 2.84. The zero-order valence-electron chi connectivity index (χ0n) is 13.5. The highest BCUT2D eigenvalue weighted by Gasteiger charge is 2.22. The molecule has 130 valence electrons. The fraction of sp³-hybridized carbons (Fsp3) is 0.357. The van der Waals surface area contributed by atoms with Crippen molar-refractivity contribution in [1.82, 2.24) is 0 Å². The second-order valence-corrected chi connectivity index (χ2v) is 7.16. The van der Waals surface area contributed by atoms with Crippen LogP contribution in [-0.4, -0.2) is 28.4 Å². The number of hydrogen-bond acceptors (Lipinski definition) is 8. The van der Waals surface area contributed by atoms with Crippen molar-refractivity contribution in [3.05, 3.63) is 29.8 Å². The SMILES string of the molecule is CCC(C)OP(=O)(O)Cc1ccc(NN=C2C(N)=NN=C2N)cc1. The predicted molar refractivity (Wildman–Crippen MR) is 95.1 cm³/mol. The number of anilines is 1. The fourth-order valence-corrected chi connectivity index (χ4v) is 3.34. The van der Waals surface area contributed by atoms with Gasteiger partial charge in [-0.15, -0.1) is 10.2 Å². The van der Waals surface area contributed by atoms with Gasteiger partial charge in [0.25, 0.3) is 0 Å². The van der Waals surface area contributed by atoms with Crippen LogP contribution in [0.25, 0.3) is 0 Å². The Kier molecular flexibility index (Phi) is 5.71. The Bertz CT molecular complexity index is 709. The molecule has 2 rings (SSSR count). The third-order valence-electron chi connectivity index (χ3n) is 3.30. The molecule has 9 nitrogen and oxygen atoms in total. The van der Waals surface area contributed by atoms with E-state index in [-0.39, 0.29) is 29.6 Å². The number of nitrogens with two attached hydrogens (primary N) is 2. The van der Waals surface area contributed by atoms with Gasteiger partial charge in [0, 0.05) is 0 Å². The fourth-order valence-electron chi connectivity index (χ4n) is 1.88. The number of nitrogens with zero attached hydrogens (tertiary/aromatic N) is 3. The van der Waals surface area contributed by atoms with Crippen LogP contribution in [0.5, 0.6) is 0 Å². The summed E-state index contributed by atoms with van der Waals surface area (Å²) in [6, 6.07) is 6.88. The Morgan fingerprint density at radius 1 is 1.29 bits per heavy atom. The van der Waals surface area contributed by atoms with Gasteiger partial charge in [-0.25, -0.2) is 0 Å². The lowest BCUT2D eigenvalue weighted by Gasteiger charge is -2.16. The van der Waals surface area contributed by atoms with Gasteiger partial charge < -0.3 is 20.9 Å². The third-order valence-corrected chi connectivity index (χ3v) is 4.76. The highest BCUT2D eigenvalue weighted by molar-refractivity contribution is 7.51. The topological polar surface area (TPSA) is 148 Å². The molecule has 1 heterocycles. The smallest absolute Gasteiger partial charge is 0.332 e. The van der Waals surface area contributed by atoms with E-state index in [4.69, 9.17) is 16.0 Å². The van der Waals surface area contributed by atoms with Crippen LogP contribution in [-0.2, 0) is 15.3 Å². The first kappa shape index (κ1) is 18.1. The number of hydrogen-bond donors (Lipinski definition) is 4. The van der Waals surface area contributed by atoms with E-state index in [2.05, 4.69) is 20.7 Å². The van der Waals surface area contributed by atoms with E-state index >= 15 is 0 Å². The minimum atomic E-state index is -3.66. The highest BCUT2D eigenvalue weighted by atomic mass is 31.2. The number of benzene rings is 1. The van der Waals surface area contributed by atoms with Crippen molar-refractivity contribution >= 4 is 30.7 Å². The Morgan fingerprint density at radius 2 is 1.88 bits per heavy atom. The lowest BCUT2D eigenvalue weighted by atomic mass is 10.2. The van der Waals surface area contributed by atoms with Crippen molar-refractivity contribution in [3.63, 3.8) is 0 Å². The van der Waals surface area contributed by atoms with Crippen molar-refractivity contribution in [2.24, 2.45) is 26.8 Å². The molecule has 0 saturated heterocycles. The van der Waals surface area contributed by atoms with E-state index in [1.54, 1.807) is 31.2 Å². The molecule has 0 fully saturated rings. The van der Waals surface area contributed by atoms with E-state index in [1.807, 2.05) is 6.92 Å². The molecular formula is C14H21N6O3P. The van der Waals surface area contributed by atoms with Crippen molar-refractivity contribution in [1.29, 1.82) is 0 Å². The summed E-state index contributed by atoms with van der Waals surface area (Å²) in [5.74, 6) is 0.278. The quantitative estimate of drug-likeness (QED) is 0.433. The summed E-state index contributed by atoms with van der Waals surface area (Å²) < 4.78 is 17.2. The Labute approximate surface area is 140 Å². The van der Waals surface area contributed by atoms with Crippen molar-refractivity contribution < 1.29 is 14.0 Å². The Balaban J connectivity index is 1.98. The highest BCUT2D eigenvalue weighted by Crippen LogP contribution is 2.47. The van der Waals surface area contributed by atoms with Crippen LogP contribution in [0.15, 0.2) is 39.6 Å². The van der Waals surface area contributed by atoms with Gasteiger partial charge in [-0.3, -0.25) is 9.99 Å². The average molecular weight is 352 g/mol. The minimum absolute atomic E-state index is 0.0502. The summed E-state index contributed by atoms with van der Waals surface area (Å²) in [4.78, 5) is 9.89. The van der Waals surface area contributed by atoms with Crippen LogP contribution in [0.2, 0.25) is 0 Å². The molecule has 1 aromatic rings. The molecule has 1 aliphatic rings. The number of amidine groups is 2. The molecule has 0 bridgehead atoms. The molecule has 0 aromatic heterocycles. The van der Waals surface area contributed by atoms with Gasteiger partial charge in [0.2, 0.25) is 0 Å². The van der Waals surface area contributed by atoms with Crippen LogP contribution >= 0.6 is 7.60 Å². The zero-order valence-corrected chi connectivity index (χ0v) is 14.4. The summed E-state index contributed by atoms with van der Waals surface area (Å²) in [6.07, 6.45) is 0.362. The zero-order chi connectivity index (χ0) is 17.7. The van der Waals surface area contributed by atoms with E-state index in [1.165, 1.54) is 0 Å². The molecule has 1 aromatic carbocycles. The summed E-state index contributed by atoms with van der Waals surface area (Å²) >= 11 is 0. The maximum atomic E-state index is 12.1. The molecule has 24 heavy (non-hydrogen) atoms. The van der Waals surface area contributed by atoms with Crippen LogP contribution in [0.4, 0.5) is 5.69 Å². The molecule has 0 spiro atoms. The van der Waals surface area contributed by atoms with Crippen molar-refractivity contribution in [2.75, 3.05) is 5.43 Å². The lowest BCUT2D eigenvalue weighted by Crippen LogP contribution is -2.32. The molecule has 0 amide bonds. The first-order valence-electron chi connectivity index (χ1n) is 7.41. The molecule has 0 saturated carbocycles. The van der Waals surface area contributed by atoms with Crippen LogP contribution in [0, 0.1) is 0 Å². The van der Waals surface area contributed by atoms with Crippen LogP contribution in [0.1, 0.15) is 25.8 Å². The lowest BCUT2D eigenvalue weighted by molar-refractivity contribution is 0.185. The maximum Gasteiger partial charge on any atom is 0.332 e. The maximum absolute atomic E-state index is 12.1. The van der Waals surface area contributed by atoms with E-state index in [0.717, 1.165) is 0 Å². The van der Waals surface area contributed by atoms with Gasteiger partial charge in [-0.1, -0.05) is 19.1 Å². The van der Waals surface area contributed by atoms with Gasteiger partial charge in [-0.05, 0) is 31.0 Å². The van der Waals surface area contributed by atoms with Gasteiger partial charge in [0.15, 0.2) is 17.4 Å². The largest absolute Gasteiger partial charge is 0.380 e. The van der Waals surface area contributed by atoms with E-state index in [9.17, 15) is 9.46 Å². The third kappa shape index (κ3) is 4.89. The second kappa shape index (κ2) is 7.57. The number of rotatable bonds is 7.